The molecule has 1 aliphatic rings. The molecule has 0 saturated carbocycles. The molecule has 0 amide bonds. The second kappa shape index (κ2) is 2.23. The molecular weight excluding hydrogens is 132 g/mol. The lowest BCUT2D eigenvalue weighted by atomic mass is 9.84. The van der Waals surface area contributed by atoms with Crippen molar-refractivity contribution in [2.75, 3.05) is 6.61 Å². The van der Waals surface area contributed by atoms with Crippen molar-refractivity contribution < 1.29 is 14.6 Å². The number of rotatable bonds is 1. The lowest BCUT2D eigenvalue weighted by Crippen LogP contribution is -2.34. The smallest absolute Gasteiger partial charge is 0.314 e. The Hall–Kier alpha value is -0.570. The highest BCUT2D eigenvalue weighted by atomic mass is 16.5. The highest BCUT2D eigenvalue weighted by Crippen LogP contribution is 2.32. The van der Waals surface area contributed by atoms with Gasteiger partial charge in [-0.25, -0.2) is 0 Å². The summed E-state index contributed by atoms with van der Waals surface area (Å²) in [4.78, 5) is 11.0. The number of aliphatic hydroxyl groups excluding tert-OH is 1. The molecule has 0 spiro atoms. The van der Waals surface area contributed by atoms with Crippen LogP contribution in [0, 0.1) is 5.41 Å². The lowest BCUT2D eigenvalue weighted by Gasteiger charge is -2.21. The quantitative estimate of drug-likeness (QED) is 0.539. The Bertz CT molecular complexity index is 153. The van der Waals surface area contributed by atoms with E-state index in [1.54, 1.807) is 13.8 Å². The maximum atomic E-state index is 11.0. The molecule has 3 heteroatoms. The van der Waals surface area contributed by atoms with Crippen LogP contribution in [-0.2, 0) is 9.53 Å². The first-order valence-corrected chi connectivity index (χ1v) is 3.42. The standard InChI is InChI=1S/C7H12O3/c1-5(8)7(2)3-4-10-6(7)9/h5,8H,3-4H2,1-2H3/t5-,7-/m0/s1. The predicted octanol–water partition coefficient (Wildman–Crippen LogP) is 0.320. The molecule has 1 saturated heterocycles. The van der Waals surface area contributed by atoms with Crippen LogP contribution >= 0.6 is 0 Å². The van der Waals surface area contributed by atoms with Gasteiger partial charge in [-0.3, -0.25) is 4.79 Å². The Labute approximate surface area is 60.0 Å². The van der Waals surface area contributed by atoms with Crippen molar-refractivity contribution in [3.8, 4) is 0 Å². The van der Waals surface area contributed by atoms with Crippen molar-refractivity contribution in [3.63, 3.8) is 0 Å². The first kappa shape index (κ1) is 7.54. The molecule has 3 nitrogen and oxygen atoms in total. The monoisotopic (exact) mass is 144 g/mol. The first-order chi connectivity index (χ1) is 4.57. The van der Waals surface area contributed by atoms with Crippen LogP contribution in [0.1, 0.15) is 20.3 Å². The number of aliphatic hydroxyl groups is 1. The van der Waals surface area contributed by atoms with E-state index in [4.69, 9.17) is 4.74 Å². The van der Waals surface area contributed by atoms with Crippen LogP contribution < -0.4 is 0 Å². The molecule has 58 valence electrons. The third-order valence-corrected chi connectivity index (χ3v) is 2.24. The van der Waals surface area contributed by atoms with Gasteiger partial charge in [0.05, 0.1) is 18.1 Å². The van der Waals surface area contributed by atoms with E-state index in [1.807, 2.05) is 0 Å². The third kappa shape index (κ3) is 0.904. The number of cyclic esters (lactones) is 1. The minimum absolute atomic E-state index is 0.275. The molecular formula is C7H12O3. The molecule has 1 heterocycles. The molecule has 10 heavy (non-hydrogen) atoms. The van der Waals surface area contributed by atoms with Gasteiger partial charge in [0.25, 0.3) is 0 Å². The van der Waals surface area contributed by atoms with E-state index in [0.717, 1.165) is 0 Å². The third-order valence-electron chi connectivity index (χ3n) is 2.24. The topological polar surface area (TPSA) is 46.5 Å². The number of esters is 1. The van der Waals surface area contributed by atoms with Gasteiger partial charge in [0.2, 0.25) is 0 Å². The second-order valence-corrected chi connectivity index (χ2v) is 2.98. The summed E-state index contributed by atoms with van der Waals surface area (Å²) in [6, 6.07) is 0. The Morgan fingerprint density at radius 1 is 1.80 bits per heavy atom. The van der Waals surface area contributed by atoms with E-state index in [2.05, 4.69) is 0 Å². The Kier molecular flexibility index (Phi) is 1.68. The number of carbonyl (C=O) groups is 1. The minimum Gasteiger partial charge on any atom is -0.465 e. The van der Waals surface area contributed by atoms with Gasteiger partial charge in [0.1, 0.15) is 0 Å². The number of carbonyl (C=O) groups excluding carboxylic acids is 1. The van der Waals surface area contributed by atoms with E-state index in [-0.39, 0.29) is 5.97 Å². The van der Waals surface area contributed by atoms with E-state index in [0.29, 0.717) is 13.0 Å². The average Bonchev–Trinajstić information content (AvgIpc) is 2.15. The molecule has 0 aromatic carbocycles. The number of ether oxygens (including phenoxy) is 1. The van der Waals surface area contributed by atoms with Gasteiger partial charge in [-0.2, -0.15) is 0 Å². The second-order valence-electron chi connectivity index (χ2n) is 2.98. The maximum Gasteiger partial charge on any atom is 0.314 e. The summed E-state index contributed by atoms with van der Waals surface area (Å²) in [5.74, 6) is -0.275. The fourth-order valence-corrected chi connectivity index (χ4v) is 1.00. The normalized spacial score (nSPS) is 35.7. The lowest BCUT2D eigenvalue weighted by molar-refractivity contribution is -0.149. The van der Waals surface area contributed by atoms with E-state index >= 15 is 0 Å². The zero-order valence-electron chi connectivity index (χ0n) is 6.26. The molecule has 1 rings (SSSR count). The summed E-state index contributed by atoms with van der Waals surface area (Å²) in [6.45, 7) is 3.79. The molecule has 0 bridgehead atoms. The van der Waals surface area contributed by atoms with Gasteiger partial charge >= 0.3 is 5.97 Å². The van der Waals surface area contributed by atoms with Crippen molar-refractivity contribution in [1.82, 2.24) is 0 Å². The Morgan fingerprint density at radius 2 is 2.40 bits per heavy atom. The predicted molar refractivity (Wildman–Crippen MR) is 35.4 cm³/mol. The van der Waals surface area contributed by atoms with Crippen molar-refractivity contribution >= 4 is 5.97 Å². The van der Waals surface area contributed by atoms with Gasteiger partial charge in [-0.1, -0.05) is 0 Å². The van der Waals surface area contributed by atoms with E-state index in [9.17, 15) is 9.90 Å². The molecule has 0 aromatic heterocycles. The fourth-order valence-electron chi connectivity index (χ4n) is 1.00. The molecule has 1 N–H and O–H groups in total. The van der Waals surface area contributed by atoms with E-state index in [1.165, 1.54) is 0 Å². The van der Waals surface area contributed by atoms with Crippen LogP contribution in [0.15, 0.2) is 0 Å². The van der Waals surface area contributed by atoms with Crippen molar-refractivity contribution in [2.45, 2.75) is 26.4 Å². The average molecular weight is 144 g/mol. The van der Waals surface area contributed by atoms with E-state index < -0.39 is 11.5 Å². The largest absolute Gasteiger partial charge is 0.465 e. The molecule has 0 radical (unpaired) electrons. The SMILES string of the molecule is C[C@H](O)[C@]1(C)CCOC1=O. The van der Waals surface area contributed by atoms with Gasteiger partial charge < -0.3 is 9.84 Å². The summed E-state index contributed by atoms with van der Waals surface area (Å²) < 4.78 is 4.73. The zero-order valence-corrected chi connectivity index (χ0v) is 6.26. The van der Waals surface area contributed by atoms with Crippen molar-refractivity contribution in [1.29, 1.82) is 0 Å². The molecule has 0 unspecified atom stereocenters. The summed E-state index contributed by atoms with van der Waals surface area (Å²) in [5, 5.41) is 9.18. The molecule has 0 aromatic rings. The van der Waals surface area contributed by atoms with Crippen molar-refractivity contribution in [3.05, 3.63) is 0 Å². The summed E-state index contributed by atoms with van der Waals surface area (Å²) in [6.07, 6.45) is 0.0197. The Morgan fingerprint density at radius 3 is 2.60 bits per heavy atom. The summed E-state index contributed by atoms with van der Waals surface area (Å²) >= 11 is 0. The van der Waals surface area contributed by atoms with Gasteiger partial charge in [-0.05, 0) is 20.3 Å². The van der Waals surface area contributed by atoms with Crippen LogP contribution in [-0.4, -0.2) is 23.8 Å². The van der Waals surface area contributed by atoms with Crippen LogP contribution in [0.5, 0.6) is 0 Å². The minimum atomic E-state index is -0.653. The summed E-state index contributed by atoms with van der Waals surface area (Å²) in [5.41, 5.74) is -0.653. The highest BCUT2D eigenvalue weighted by molar-refractivity contribution is 5.78. The maximum absolute atomic E-state index is 11.0. The van der Waals surface area contributed by atoms with Crippen LogP contribution in [0.3, 0.4) is 0 Å². The number of hydrogen-bond acceptors (Lipinski definition) is 3. The van der Waals surface area contributed by atoms with Crippen LogP contribution in [0.25, 0.3) is 0 Å². The van der Waals surface area contributed by atoms with Crippen molar-refractivity contribution in [2.24, 2.45) is 5.41 Å². The number of hydrogen-bond donors (Lipinski definition) is 1. The Balaban J connectivity index is 2.75. The van der Waals surface area contributed by atoms with Gasteiger partial charge in [0.15, 0.2) is 0 Å². The fraction of sp³-hybridized carbons (Fsp3) is 0.857. The molecule has 0 aliphatic carbocycles. The zero-order chi connectivity index (χ0) is 7.78. The summed E-state index contributed by atoms with van der Waals surface area (Å²) in [7, 11) is 0. The molecule has 1 fully saturated rings. The van der Waals surface area contributed by atoms with Gasteiger partial charge in [0, 0.05) is 0 Å². The molecule has 2 atom stereocenters. The van der Waals surface area contributed by atoms with Crippen LogP contribution in [0.4, 0.5) is 0 Å². The highest BCUT2D eigenvalue weighted by Gasteiger charge is 2.43. The first-order valence-electron chi connectivity index (χ1n) is 3.42. The van der Waals surface area contributed by atoms with Gasteiger partial charge in [-0.15, -0.1) is 0 Å². The molecule has 1 aliphatic heterocycles. The van der Waals surface area contributed by atoms with Crippen LogP contribution in [0.2, 0.25) is 0 Å².